The summed E-state index contributed by atoms with van der Waals surface area (Å²) in [4.78, 5) is 15.5. The number of fused-ring (bicyclic) bond motifs is 1. The van der Waals surface area contributed by atoms with Gasteiger partial charge in [-0.15, -0.1) is 12.6 Å². The number of para-hydroxylation sites is 1. The predicted octanol–water partition coefficient (Wildman–Crippen LogP) is 2.22. The minimum atomic E-state index is -0.0527. The van der Waals surface area contributed by atoms with Crippen LogP contribution in [0.4, 0.5) is 0 Å². The number of pyridine rings is 1. The molecule has 0 spiro atoms. The van der Waals surface area contributed by atoms with Crippen LogP contribution >= 0.6 is 12.6 Å². The summed E-state index contributed by atoms with van der Waals surface area (Å²) in [5, 5.41) is 0.631. The first-order chi connectivity index (χ1) is 7.22. The van der Waals surface area contributed by atoms with Crippen LogP contribution in [-0.2, 0) is 0 Å². The zero-order valence-corrected chi connectivity index (χ0v) is 9.17. The van der Waals surface area contributed by atoms with Gasteiger partial charge in [-0.3, -0.25) is 4.79 Å². The van der Waals surface area contributed by atoms with Crippen LogP contribution in [0.3, 0.4) is 0 Å². The minimum Gasteiger partial charge on any atom is -0.479 e. The SMILES string of the molecule is CCOc1cc(=O)c2cccc(S)c2[nH]1. The molecule has 1 N–H and O–H groups in total. The van der Waals surface area contributed by atoms with Crippen LogP contribution in [0.2, 0.25) is 0 Å². The predicted molar refractivity (Wildman–Crippen MR) is 63.0 cm³/mol. The van der Waals surface area contributed by atoms with Gasteiger partial charge in [0.05, 0.1) is 12.1 Å². The molecule has 0 radical (unpaired) electrons. The van der Waals surface area contributed by atoms with Gasteiger partial charge in [0.1, 0.15) is 0 Å². The summed E-state index contributed by atoms with van der Waals surface area (Å²) in [5.74, 6) is 0.483. The number of nitrogens with one attached hydrogen (secondary N) is 1. The second-order valence-corrected chi connectivity index (χ2v) is 3.61. The van der Waals surface area contributed by atoms with Crippen LogP contribution in [0, 0.1) is 0 Å². The molecule has 4 heteroatoms. The van der Waals surface area contributed by atoms with E-state index in [-0.39, 0.29) is 5.43 Å². The standard InChI is InChI=1S/C11H11NO2S/c1-2-14-10-6-8(13)7-4-3-5-9(15)11(7)12-10/h3-6,15H,2H2,1H3,(H,12,13). The smallest absolute Gasteiger partial charge is 0.195 e. The fourth-order valence-electron chi connectivity index (χ4n) is 1.47. The number of rotatable bonds is 2. The van der Waals surface area contributed by atoms with Crippen molar-refractivity contribution in [2.45, 2.75) is 11.8 Å². The van der Waals surface area contributed by atoms with E-state index in [1.165, 1.54) is 6.07 Å². The Balaban J connectivity index is 2.74. The molecule has 15 heavy (non-hydrogen) atoms. The topological polar surface area (TPSA) is 42.1 Å². The van der Waals surface area contributed by atoms with Gasteiger partial charge in [0.15, 0.2) is 11.3 Å². The van der Waals surface area contributed by atoms with E-state index in [9.17, 15) is 4.79 Å². The maximum atomic E-state index is 11.7. The molecule has 1 aromatic heterocycles. The number of ether oxygens (including phenoxy) is 1. The highest BCUT2D eigenvalue weighted by Gasteiger charge is 2.04. The maximum absolute atomic E-state index is 11.7. The molecule has 2 rings (SSSR count). The van der Waals surface area contributed by atoms with E-state index in [1.54, 1.807) is 12.1 Å². The Morgan fingerprint density at radius 1 is 1.47 bits per heavy atom. The number of aromatic nitrogens is 1. The lowest BCUT2D eigenvalue weighted by Crippen LogP contribution is -2.05. The monoisotopic (exact) mass is 221 g/mol. The first kappa shape index (κ1) is 10.1. The summed E-state index contributed by atoms with van der Waals surface area (Å²) in [5.41, 5.74) is 0.667. The molecule has 1 heterocycles. The molecule has 0 fully saturated rings. The number of H-pyrrole nitrogens is 1. The van der Waals surface area contributed by atoms with Gasteiger partial charge in [0.25, 0.3) is 0 Å². The van der Waals surface area contributed by atoms with E-state index in [1.807, 2.05) is 13.0 Å². The quantitative estimate of drug-likeness (QED) is 0.763. The number of thiol groups is 1. The lowest BCUT2D eigenvalue weighted by molar-refractivity contribution is 0.328. The molecule has 78 valence electrons. The highest BCUT2D eigenvalue weighted by atomic mass is 32.1. The van der Waals surface area contributed by atoms with Crippen molar-refractivity contribution in [2.24, 2.45) is 0 Å². The van der Waals surface area contributed by atoms with E-state index >= 15 is 0 Å². The molecular weight excluding hydrogens is 210 g/mol. The average molecular weight is 221 g/mol. The molecule has 0 saturated carbocycles. The molecule has 0 unspecified atom stereocenters. The number of hydrogen-bond acceptors (Lipinski definition) is 3. The molecule has 1 aromatic carbocycles. The van der Waals surface area contributed by atoms with Gasteiger partial charge in [0.2, 0.25) is 0 Å². The second kappa shape index (κ2) is 3.98. The average Bonchev–Trinajstić information content (AvgIpc) is 2.20. The lowest BCUT2D eigenvalue weighted by atomic mass is 10.2. The molecule has 0 aliphatic rings. The number of aromatic amines is 1. The van der Waals surface area contributed by atoms with E-state index in [0.717, 1.165) is 10.4 Å². The fraction of sp³-hybridized carbons (Fsp3) is 0.182. The molecular formula is C11H11NO2S. The Kier molecular flexibility index (Phi) is 2.68. The summed E-state index contributed by atoms with van der Waals surface area (Å²) in [6.07, 6.45) is 0. The normalized spacial score (nSPS) is 10.5. The van der Waals surface area contributed by atoms with Crippen LogP contribution in [-0.4, -0.2) is 11.6 Å². The third-order valence-corrected chi connectivity index (χ3v) is 2.49. The van der Waals surface area contributed by atoms with Crippen molar-refractivity contribution in [1.29, 1.82) is 0 Å². The molecule has 0 amide bonds. The third-order valence-electron chi connectivity index (χ3n) is 2.12. The first-order valence-corrected chi connectivity index (χ1v) is 5.15. The Hall–Kier alpha value is -1.42. The molecule has 0 bridgehead atoms. The largest absolute Gasteiger partial charge is 0.479 e. The van der Waals surface area contributed by atoms with E-state index in [4.69, 9.17) is 4.74 Å². The van der Waals surface area contributed by atoms with E-state index < -0.39 is 0 Å². The maximum Gasteiger partial charge on any atom is 0.195 e. The van der Waals surface area contributed by atoms with Crippen molar-refractivity contribution in [2.75, 3.05) is 6.61 Å². The summed E-state index contributed by atoms with van der Waals surface area (Å²) in [7, 11) is 0. The van der Waals surface area contributed by atoms with Gasteiger partial charge >= 0.3 is 0 Å². The zero-order valence-electron chi connectivity index (χ0n) is 8.28. The highest BCUT2D eigenvalue weighted by molar-refractivity contribution is 7.80. The van der Waals surface area contributed by atoms with Crippen molar-refractivity contribution < 1.29 is 4.74 Å². The van der Waals surface area contributed by atoms with Crippen LogP contribution in [0.5, 0.6) is 5.88 Å². The van der Waals surface area contributed by atoms with E-state index in [0.29, 0.717) is 17.9 Å². The fourth-order valence-corrected chi connectivity index (χ4v) is 1.73. The van der Waals surface area contributed by atoms with Crippen LogP contribution < -0.4 is 10.2 Å². The number of hydrogen-bond donors (Lipinski definition) is 2. The van der Waals surface area contributed by atoms with Crippen LogP contribution in [0.1, 0.15) is 6.92 Å². The van der Waals surface area contributed by atoms with Crippen molar-refractivity contribution >= 4 is 23.5 Å². The Labute approximate surface area is 92.5 Å². The van der Waals surface area contributed by atoms with Gasteiger partial charge in [-0.25, -0.2) is 0 Å². The van der Waals surface area contributed by atoms with E-state index in [2.05, 4.69) is 17.6 Å². The number of benzene rings is 1. The summed E-state index contributed by atoms with van der Waals surface area (Å²) >= 11 is 4.29. The van der Waals surface area contributed by atoms with Gasteiger partial charge in [-0.05, 0) is 19.1 Å². The molecule has 3 nitrogen and oxygen atoms in total. The van der Waals surface area contributed by atoms with Gasteiger partial charge < -0.3 is 9.72 Å². The highest BCUT2D eigenvalue weighted by Crippen LogP contribution is 2.19. The molecule has 0 aliphatic carbocycles. The molecule has 2 aromatic rings. The van der Waals surface area contributed by atoms with Crippen LogP contribution in [0.15, 0.2) is 34.0 Å². The zero-order chi connectivity index (χ0) is 10.8. The third kappa shape index (κ3) is 1.85. The Morgan fingerprint density at radius 3 is 3.00 bits per heavy atom. The van der Waals surface area contributed by atoms with Gasteiger partial charge in [0, 0.05) is 16.3 Å². The Bertz CT molecular complexity index is 548. The Morgan fingerprint density at radius 2 is 2.27 bits per heavy atom. The second-order valence-electron chi connectivity index (χ2n) is 3.13. The first-order valence-electron chi connectivity index (χ1n) is 4.70. The minimum absolute atomic E-state index is 0.0527. The van der Waals surface area contributed by atoms with Gasteiger partial charge in [-0.2, -0.15) is 0 Å². The summed E-state index contributed by atoms with van der Waals surface area (Å²) in [6, 6.07) is 6.86. The molecule has 0 atom stereocenters. The van der Waals surface area contributed by atoms with Crippen molar-refractivity contribution in [3.8, 4) is 5.88 Å². The van der Waals surface area contributed by atoms with Crippen LogP contribution in [0.25, 0.3) is 10.9 Å². The summed E-state index contributed by atoms with van der Waals surface area (Å²) in [6.45, 7) is 2.39. The van der Waals surface area contributed by atoms with Crippen molar-refractivity contribution in [3.05, 3.63) is 34.5 Å². The molecule has 0 saturated heterocycles. The summed E-state index contributed by atoms with van der Waals surface area (Å²) < 4.78 is 5.26. The van der Waals surface area contributed by atoms with Gasteiger partial charge in [-0.1, -0.05) is 6.07 Å². The molecule has 0 aliphatic heterocycles. The van der Waals surface area contributed by atoms with Crippen molar-refractivity contribution in [3.63, 3.8) is 0 Å². The van der Waals surface area contributed by atoms with Crippen molar-refractivity contribution in [1.82, 2.24) is 4.98 Å². The lowest BCUT2D eigenvalue weighted by Gasteiger charge is -2.05.